The van der Waals surface area contributed by atoms with Crippen LogP contribution in [0.15, 0.2) is 42.5 Å². The molecule has 0 bridgehead atoms. The van der Waals surface area contributed by atoms with Crippen molar-refractivity contribution in [3.63, 3.8) is 0 Å². The Morgan fingerprint density at radius 1 is 1.10 bits per heavy atom. The third-order valence-electron chi connectivity index (χ3n) is 5.24. The van der Waals surface area contributed by atoms with Gasteiger partial charge in [0.2, 0.25) is 0 Å². The Bertz CT molecular complexity index is 935. The number of nitro groups is 1. The van der Waals surface area contributed by atoms with Crippen LogP contribution in [0.4, 0.5) is 5.69 Å². The number of phenols is 2. The van der Waals surface area contributed by atoms with Crippen LogP contribution < -0.4 is 4.74 Å². The van der Waals surface area contributed by atoms with Crippen LogP contribution in [0.25, 0.3) is 5.76 Å². The Morgan fingerprint density at radius 3 is 2.52 bits per heavy atom. The molecular weight excluding hydrogens is 376 g/mol. The average molecular weight is 398 g/mol. The van der Waals surface area contributed by atoms with Gasteiger partial charge in [0, 0.05) is 30.3 Å². The number of rotatable bonds is 5. The topological polar surface area (TPSA) is 105 Å². The molecule has 0 saturated heterocycles. The van der Waals surface area contributed by atoms with Gasteiger partial charge in [-0.1, -0.05) is 19.3 Å². The number of nitrogens with zero attached hydrogens (tertiary/aromatic N) is 2. The molecule has 4 rings (SSSR count). The van der Waals surface area contributed by atoms with Crippen LogP contribution in [0.5, 0.6) is 23.0 Å². The third-order valence-corrected chi connectivity index (χ3v) is 5.24. The van der Waals surface area contributed by atoms with E-state index >= 15 is 0 Å². The minimum atomic E-state index is -0.494. The molecule has 2 aromatic carbocycles. The molecule has 2 aromatic rings. The van der Waals surface area contributed by atoms with Crippen molar-refractivity contribution in [3.05, 3.63) is 58.2 Å². The van der Waals surface area contributed by atoms with Crippen molar-refractivity contribution in [1.82, 2.24) is 5.06 Å². The first-order chi connectivity index (χ1) is 14.0. The Hall–Kier alpha value is -3.26. The Morgan fingerprint density at radius 2 is 1.83 bits per heavy atom. The van der Waals surface area contributed by atoms with Crippen molar-refractivity contribution < 1.29 is 24.7 Å². The molecule has 1 fully saturated rings. The lowest BCUT2D eigenvalue weighted by atomic mass is 9.95. The highest BCUT2D eigenvalue weighted by Gasteiger charge is 2.30. The molecule has 1 aliphatic carbocycles. The first-order valence-electron chi connectivity index (χ1n) is 9.64. The van der Waals surface area contributed by atoms with Crippen LogP contribution in [0.2, 0.25) is 0 Å². The number of hydrogen-bond donors (Lipinski definition) is 2. The molecule has 1 saturated carbocycles. The molecule has 0 atom stereocenters. The largest absolute Gasteiger partial charge is 0.508 e. The van der Waals surface area contributed by atoms with E-state index in [1.165, 1.54) is 55.7 Å². The van der Waals surface area contributed by atoms with Gasteiger partial charge in [-0.2, -0.15) is 0 Å². The SMILES string of the molecule is O=[N+]([O-])c1ccc(Oc2cc(O)cc(O)c2C2=CCN(C3CCCCC3)O2)cc1. The summed E-state index contributed by atoms with van der Waals surface area (Å²) in [6.45, 7) is 0.608. The zero-order valence-corrected chi connectivity index (χ0v) is 15.8. The van der Waals surface area contributed by atoms with Gasteiger partial charge in [0.25, 0.3) is 5.69 Å². The second kappa shape index (κ2) is 8.00. The van der Waals surface area contributed by atoms with Gasteiger partial charge in [0.1, 0.15) is 28.6 Å². The fraction of sp³-hybridized carbons (Fsp3) is 0.333. The molecule has 0 amide bonds. The van der Waals surface area contributed by atoms with Crippen LogP contribution in [-0.2, 0) is 4.84 Å². The summed E-state index contributed by atoms with van der Waals surface area (Å²) in [5, 5.41) is 33.1. The highest BCUT2D eigenvalue weighted by Crippen LogP contribution is 2.42. The van der Waals surface area contributed by atoms with Crippen molar-refractivity contribution in [2.24, 2.45) is 0 Å². The minimum Gasteiger partial charge on any atom is -0.508 e. The maximum atomic E-state index is 10.8. The molecular formula is C21H22N2O6. The number of hydrogen-bond acceptors (Lipinski definition) is 7. The van der Waals surface area contributed by atoms with E-state index in [1.54, 1.807) is 0 Å². The predicted octanol–water partition coefficient (Wildman–Crippen LogP) is 4.72. The summed E-state index contributed by atoms with van der Waals surface area (Å²) >= 11 is 0. The van der Waals surface area contributed by atoms with Gasteiger partial charge in [0.05, 0.1) is 11.5 Å². The van der Waals surface area contributed by atoms with Gasteiger partial charge >= 0.3 is 0 Å². The zero-order valence-electron chi connectivity index (χ0n) is 15.8. The quantitative estimate of drug-likeness (QED) is 0.554. The molecule has 0 aromatic heterocycles. The maximum Gasteiger partial charge on any atom is 0.269 e. The maximum absolute atomic E-state index is 10.8. The molecule has 152 valence electrons. The van der Waals surface area contributed by atoms with Crippen LogP contribution in [-0.4, -0.2) is 32.8 Å². The highest BCUT2D eigenvalue weighted by molar-refractivity contribution is 5.73. The molecule has 2 aliphatic rings. The molecule has 1 aliphatic heterocycles. The third kappa shape index (κ3) is 4.12. The molecule has 1 heterocycles. The van der Waals surface area contributed by atoms with Gasteiger partial charge in [0.15, 0.2) is 5.76 Å². The zero-order chi connectivity index (χ0) is 20.4. The number of benzene rings is 2. The second-order valence-corrected chi connectivity index (χ2v) is 7.24. The molecule has 0 radical (unpaired) electrons. The van der Waals surface area contributed by atoms with Gasteiger partial charge < -0.3 is 19.8 Å². The van der Waals surface area contributed by atoms with E-state index < -0.39 is 4.92 Å². The van der Waals surface area contributed by atoms with Crippen LogP contribution in [0, 0.1) is 10.1 Å². The Labute approximate surface area is 167 Å². The summed E-state index contributed by atoms with van der Waals surface area (Å²) in [4.78, 5) is 16.3. The van der Waals surface area contributed by atoms with E-state index in [0.717, 1.165) is 12.8 Å². The van der Waals surface area contributed by atoms with Gasteiger partial charge in [-0.25, -0.2) is 0 Å². The first kappa shape index (κ1) is 19.1. The van der Waals surface area contributed by atoms with E-state index in [2.05, 4.69) is 0 Å². The molecule has 8 heteroatoms. The number of phenolic OH excluding ortho intramolecular Hbond substituents is 2. The standard InChI is InChI=1S/C21H22N2O6/c24-16-12-18(25)21(19-10-11-22(29-19)14-4-2-1-3-5-14)20(13-16)28-17-8-6-15(7-9-17)23(26)27/h6-10,12-14,24-25H,1-5,11H2. The van der Waals surface area contributed by atoms with Crippen molar-refractivity contribution in [3.8, 4) is 23.0 Å². The van der Waals surface area contributed by atoms with E-state index in [9.17, 15) is 20.3 Å². The summed E-state index contributed by atoms with van der Waals surface area (Å²) in [6.07, 6.45) is 7.64. The number of hydroxylamine groups is 2. The number of non-ortho nitro benzene ring substituents is 1. The van der Waals surface area contributed by atoms with Crippen molar-refractivity contribution >= 4 is 11.4 Å². The predicted molar refractivity (Wildman–Crippen MR) is 106 cm³/mol. The van der Waals surface area contributed by atoms with Crippen LogP contribution in [0.3, 0.4) is 0 Å². The molecule has 8 nitrogen and oxygen atoms in total. The van der Waals surface area contributed by atoms with Crippen LogP contribution in [0.1, 0.15) is 37.7 Å². The van der Waals surface area contributed by atoms with E-state index in [1.807, 2.05) is 11.1 Å². The van der Waals surface area contributed by atoms with Crippen LogP contribution >= 0.6 is 0 Å². The van der Waals surface area contributed by atoms with Crippen molar-refractivity contribution in [2.45, 2.75) is 38.1 Å². The molecule has 0 spiro atoms. The molecule has 29 heavy (non-hydrogen) atoms. The summed E-state index contributed by atoms with van der Waals surface area (Å²) < 4.78 is 5.82. The number of nitro benzene ring substituents is 1. The monoisotopic (exact) mass is 398 g/mol. The lowest BCUT2D eigenvalue weighted by Gasteiger charge is -2.30. The van der Waals surface area contributed by atoms with E-state index in [0.29, 0.717) is 29.7 Å². The number of ether oxygens (including phenoxy) is 1. The number of aromatic hydroxyl groups is 2. The normalized spacial score (nSPS) is 17.6. The summed E-state index contributed by atoms with van der Waals surface area (Å²) in [5.41, 5.74) is 0.278. The summed E-state index contributed by atoms with van der Waals surface area (Å²) in [7, 11) is 0. The first-order valence-corrected chi connectivity index (χ1v) is 9.64. The molecule has 2 N–H and O–H groups in total. The lowest BCUT2D eigenvalue weighted by molar-refractivity contribution is -0.384. The summed E-state index contributed by atoms with van der Waals surface area (Å²) in [5.74, 6) is 0.673. The Kier molecular flexibility index (Phi) is 5.26. The highest BCUT2D eigenvalue weighted by atomic mass is 16.7. The van der Waals surface area contributed by atoms with Gasteiger partial charge in [-0.3, -0.25) is 10.1 Å². The van der Waals surface area contributed by atoms with Gasteiger partial charge in [-0.15, -0.1) is 5.06 Å². The van der Waals surface area contributed by atoms with E-state index in [-0.39, 0.29) is 22.9 Å². The van der Waals surface area contributed by atoms with Crippen molar-refractivity contribution in [1.29, 1.82) is 0 Å². The van der Waals surface area contributed by atoms with Gasteiger partial charge in [-0.05, 0) is 31.1 Å². The average Bonchev–Trinajstić information content (AvgIpc) is 3.18. The smallest absolute Gasteiger partial charge is 0.269 e. The second-order valence-electron chi connectivity index (χ2n) is 7.24. The lowest BCUT2D eigenvalue weighted by Crippen LogP contribution is -2.33. The summed E-state index contributed by atoms with van der Waals surface area (Å²) in [6, 6.07) is 8.52. The molecule has 0 unspecified atom stereocenters. The van der Waals surface area contributed by atoms with E-state index in [4.69, 9.17) is 9.57 Å². The Balaban J connectivity index is 1.58. The van der Waals surface area contributed by atoms with Crippen molar-refractivity contribution in [2.75, 3.05) is 6.54 Å². The fourth-order valence-corrected chi connectivity index (χ4v) is 3.79. The fourth-order valence-electron chi connectivity index (χ4n) is 3.79. The minimum absolute atomic E-state index is 0.0544.